The van der Waals surface area contributed by atoms with Crippen LogP contribution in [-0.2, 0) is 49.6 Å². The smallest absolute Gasteiger partial charge is 0.330 e. The molecule has 0 saturated carbocycles. The molecule has 15 nitrogen and oxygen atoms in total. The Hall–Kier alpha value is -13.5. The minimum Gasteiger partial charge on any atom is -0.466 e. The lowest BCUT2D eigenvalue weighted by molar-refractivity contribution is -0.385. The van der Waals surface area contributed by atoms with Crippen LogP contribution in [0.15, 0.2) is 297 Å². The minimum atomic E-state index is -1.01. The first-order valence-corrected chi connectivity index (χ1v) is 34.6. The van der Waals surface area contributed by atoms with E-state index in [-0.39, 0.29) is 22.8 Å². The second kappa shape index (κ2) is 28.8. The summed E-state index contributed by atoms with van der Waals surface area (Å²) in [6, 6.07) is 85.6. The maximum absolute atomic E-state index is 12.5. The van der Waals surface area contributed by atoms with Gasteiger partial charge in [-0.25, -0.2) is 14.2 Å². The number of allylic oxidation sites excluding steroid dienone is 2. The predicted molar refractivity (Wildman–Crippen MR) is 413 cm³/mol. The van der Waals surface area contributed by atoms with E-state index in [9.17, 15) is 24.5 Å². The molecule has 0 unspecified atom stereocenters. The van der Waals surface area contributed by atoms with Crippen LogP contribution in [0, 0.1) is 30.9 Å². The van der Waals surface area contributed by atoms with Crippen molar-refractivity contribution in [3.05, 3.63) is 397 Å². The van der Waals surface area contributed by atoms with Crippen LogP contribution in [-0.4, -0.2) is 69.8 Å². The second-order valence-electron chi connectivity index (χ2n) is 26.1. The Kier molecular flexibility index (Phi) is 18.5. The van der Waals surface area contributed by atoms with Crippen LogP contribution < -0.4 is 0 Å². The van der Waals surface area contributed by atoms with E-state index in [0.717, 1.165) is 112 Å². The number of carbonyl (C=O) groups excluding carboxylic acids is 3. The van der Waals surface area contributed by atoms with Gasteiger partial charge in [-0.2, -0.15) is 10.2 Å². The lowest BCUT2D eigenvalue weighted by atomic mass is 9.77. The van der Waals surface area contributed by atoms with Crippen LogP contribution in [0.5, 0.6) is 0 Å². The van der Waals surface area contributed by atoms with E-state index in [1.807, 2.05) is 183 Å². The van der Waals surface area contributed by atoms with Crippen molar-refractivity contribution in [1.82, 2.24) is 34.5 Å². The van der Waals surface area contributed by atoms with Gasteiger partial charge in [0.1, 0.15) is 22.5 Å². The molecular weight excluding hydrogens is 1300 g/mol. The quantitative estimate of drug-likeness (QED) is 0.0331. The molecule has 105 heavy (non-hydrogen) atoms. The fourth-order valence-electron chi connectivity index (χ4n) is 14.8. The Labute approximate surface area is 606 Å². The van der Waals surface area contributed by atoms with Gasteiger partial charge in [0.2, 0.25) is 0 Å². The maximum atomic E-state index is 12.5. The molecule has 1 aliphatic heterocycles. The van der Waals surface area contributed by atoms with E-state index in [4.69, 9.17) is 14.9 Å². The molecule has 0 spiro atoms. The number of carbonyl (C=O) groups is 3. The number of aryl methyl sites for hydroxylation is 3. The number of methoxy groups -OCH3 is 1. The summed E-state index contributed by atoms with van der Waals surface area (Å²) in [5, 5.41) is 25.0. The van der Waals surface area contributed by atoms with Crippen LogP contribution in [0.1, 0.15) is 95.0 Å². The number of rotatable bonds is 14. The number of nitrogens with zero attached hydrogens (tertiary/aromatic N) is 9. The van der Waals surface area contributed by atoms with Crippen LogP contribution in [0.4, 0.5) is 5.69 Å². The molecule has 0 N–H and O–H groups in total. The number of benzene rings is 9. The van der Waals surface area contributed by atoms with Crippen molar-refractivity contribution < 1.29 is 24.0 Å². The number of esters is 1. The molecule has 0 amide bonds. The Bertz CT molecular complexity index is 5620. The SMILES string of the molecule is COC(=O)/C=C/c1cc2c(-c3ccnc(C)c3)nn(C(c3ccccc3)(c3ccccc3)c3ccccc3)c2cc1[N+](=O)[O-].Cc1cc(-c2nn(C(c3ccccc3)(c3ccccc3)c3ccccc3)c3cc4c(cc23)C=CC(=O)C4)ccn1.Cc1cc(C2=NCc3cc4c(cc32)C=CC(=O)C4)ccn1. The summed E-state index contributed by atoms with van der Waals surface area (Å²) >= 11 is 0. The van der Waals surface area contributed by atoms with Crippen LogP contribution >= 0.6 is 0 Å². The molecule has 6 heterocycles. The molecule has 15 heteroatoms. The van der Waals surface area contributed by atoms with E-state index in [0.29, 0.717) is 36.0 Å². The lowest BCUT2D eigenvalue weighted by Crippen LogP contribution is -2.38. The fraction of sp³-hybridized carbons (Fsp3) is 0.100. The molecule has 2 aliphatic carbocycles. The summed E-state index contributed by atoms with van der Waals surface area (Å²) in [5.74, 6) is -0.328. The molecule has 0 bridgehead atoms. The molecule has 0 fully saturated rings. The van der Waals surface area contributed by atoms with Crippen molar-refractivity contribution in [2.24, 2.45) is 4.99 Å². The van der Waals surface area contributed by atoms with Crippen molar-refractivity contribution in [3.63, 3.8) is 0 Å². The first-order valence-electron chi connectivity index (χ1n) is 34.6. The standard InChI is InChI=1S/C36H28N4O4.C36H27N3O.C18H14N2O/c1-25-22-27(20-21-37-25)35-31-23-26(18-19-34(41)44-2)32(40(42)43)24-33(31)39(38-35)36(28-12-6-3-7-13-28,29-14-8-4-9-15-29)30-16-10-5-11-17-30;1-25-21-27(19-20-37-25)35-33-23-26-17-18-32(40)22-28(26)24-34(33)39(38-35)36(29-11-5-2-6-12-29,30-13-7-3-8-14-30)31-15-9-4-10-16-31;1-11-6-13(4-5-19-11)18-17-9-12-2-3-16(21)8-14(12)7-15(17)10-20-18/h3-24H,1-2H3;2-21,23-24H,22H2,1H3;2-7,9H,8,10H2,1H3/b19-18+;;. The molecular formula is C90H69N9O6. The van der Waals surface area contributed by atoms with E-state index < -0.39 is 22.0 Å². The number of ether oxygens (including phenoxy) is 1. The van der Waals surface area contributed by atoms with Gasteiger partial charge in [0, 0.05) is 93.7 Å². The van der Waals surface area contributed by atoms with Gasteiger partial charge < -0.3 is 4.74 Å². The van der Waals surface area contributed by atoms with Gasteiger partial charge in [0.15, 0.2) is 11.6 Å². The zero-order valence-corrected chi connectivity index (χ0v) is 58.0. The van der Waals surface area contributed by atoms with Gasteiger partial charge in [-0.3, -0.25) is 39.6 Å². The van der Waals surface area contributed by atoms with Crippen LogP contribution in [0.3, 0.4) is 0 Å². The molecule has 0 saturated heterocycles. The maximum Gasteiger partial charge on any atom is 0.330 e. The molecule has 0 radical (unpaired) electrons. The van der Waals surface area contributed by atoms with Gasteiger partial charge in [0.25, 0.3) is 5.69 Å². The van der Waals surface area contributed by atoms with Crippen molar-refractivity contribution in [2.45, 2.75) is 51.2 Å². The molecule has 510 valence electrons. The Balaban J connectivity index is 0.000000134. The average molecular weight is 1370 g/mol. The molecule has 5 aromatic heterocycles. The number of fused-ring (bicyclic) bond motifs is 5. The normalized spacial score (nSPS) is 12.9. The molecule has 14 aromatic rings. The van der Waals surface area contributed by atoms with Gasteiger partial charge in [-0.1, -0.05) is 200 Å². The predicted octanol–water partition coefficient (Wildman–Crippen LogP) is 17.6. The van der Waals surface area contributed by atoms with E-state index >= 15 is 0 Å². The summed E-state index contributed by atoms with van der Waals surface area (Å²) < 4.78 is 8.82. The summed E-state index contributed by atoms with van der Waals surface area (Å²) in [4.78, 5) is 65.7. The Morgan fingerprint density at radius 1 is 0.467 bits per heavy atom. The van der Waals surface area contributed by atoms with Crippen LogP contribution in [0.25, 0.3) is 62.5 Å². The number of pyridine rings is 3. The van der Waals surface area contributed by atoms with Crippen LogP contribution in [0.2, 0.25) is 0 Å². The monoisotopic (exact) mass is 1370 g/mol. The molecule has 9 aromatic carbocycles. The molecule has 3 aliphatic rings. The number of nitro benzene ring substituents is 1. The highest BCUT2D eigenvalue weighted by molar-refractivity contribution is 6.16. The Morgan fingerprint density at radius 3 is 1.28 bits per heavy atom. The van der Waals surface area contributed by atoms with Gasteiger partial charge >= 0.3 is 5.97 Å². The molecule has 0 atom stereocenters. The largest absolute Gasteiger partial charge is 0.466 e. The average Bonchev–Trinajstić information content (AvgIpc) is 1.63. The first kappa shape index (κ1) is 67.3. The highest BCUT2D eigenvalue weighted by atomic mass is 16.6. The minimum absolute atomic E-state index is 0.114. The summed E-state index contributed by atoms with van der Waals surface area (Å²) in [6.07, 6.45) is 16.0. The zero-order chi connectivity index (χ0) is 72.2. The Morgan fingerprint density at radius 2 is 0.857 bits per heavy atom. The first-order chi connectivity index (χ1) is 51.3. The van der Waals surface area contributed by atoms with Crippen molar-refractivity contribution in [3.8, 4) is 22.5 Å². The topological polar surface area (TPSA) is 190 Å². The highest BCUT2D eigenvalue weighted by Crippen LogP contribution is 2.48. The van der Waals surface area contributed by atoms with Gasteiger partial charge in [-0.15, -0.1) is 0 Å². The van der Waals surface area contributed by atoms with E-state index in [1.54, 1.807) is 30.5 Å². The van der Waals surface area contributed by atoms with E-state index in [1.165, 1.54) is 30.4 Å². The van der Waals surface area contributed by atoms with Crippen molar-refractivity contribution in [1.29, 1.82) is 0 Å². The van der Waals surface area contributed by atoms with Crippen molar-refractivity contribution in [2.75, 3.05) is 7.11 Å². The number of aliphatic imine (C=N–C) groups is 1. The lowest BCUT2D eigenvalue weighted by Gasteiger charge is -2.37. The third-order valence-electron chi connectivity index (χ3n) is 19.5. The summed E-state index contributed by atoms with van der Waals surface area (Å²) in [7, 11) is 1.26. The highest BCUT2D eigenvalue weighted by Gasteiger charge is 2.43. The number of nitro groups is 1. The number of hydrogen-bond acceptors (Lipinski definition) is 12. The summed E-state index contributed by atoms with van der Waals surface area (Å²) in [5.41, 5.74) is 20.8. The number of hydrogen-bond donors (Lipinski definition) is 0. The van der Waals surface area contributed by atoms with Gasteiger partial charge in [-0.05, 0) is 161 Å². The summed E-state index contributed by atoms with van der Waals surface area (Å²) in [6.45, 7) is 6.58. The fourth-order valence-corrected chi connectivity index (χ4v) is 14.8. The van der Waals surface area contributed by atoms with E-state index in [2.05, 4.69) is 134 Å². The number of aromatic nitrogens is 7. The third-order valence-corrected chi connectivity index (χ3v) is 19.5. The molecule has 17 rings (SSSR count). The van der Waals surface area contributed by atoms with Crippen molar-refractivity contribution >= 4 is 69.0 Å². The zero-order valence-electron chi connectivity index (χ0n) is 58.0. The number of ketones is 2. The third kappa shape index (κ3) is 12.9. The second-order valence-corrected chi connectivity index (χ2v) is 26.1. The van der Waals surface area contributed by atoms with Gasteiger partial charge in [0.05, 0.1) is 40.9 Å².